The quantitative estimate of drug-likeness (QED) is 0.796. The summed E-state index contributed by atoms with van der Waals surface area (Å²) in [6, 6.07) is 9.82. The molecular formula is C22H22F2N2O2. The summed E-state index contributed by atoms with van der Waals surface area (Å²) in [5, 5.41) is 0. The zero-order valence-corrected chi connectivity index (χ0v) is 15.8. The number of likely N-dealkylation sites (tertiary alicyclic amines) is 1. The molecule has 1 unspecified atom stereocenters. The van der Waals surface area contributed by atoms with Gasteiger partial charge in [-0.25, -0.2) is 8.78 Å². The van der Waals surface area contributed by atoms with E-state index in [4.69, 9.17) is 4.74 Å². The number of carbonyl (C=O) groups is 1. The maximum atomic E-state index is 14.1. The fraction of sp³-hybridized carbons (Fsp3) is 0.409. The lowest BCUT2D eigenvalue weighted by Crippen LogP contribution is -2.45. The summed E-state index contributed by atoms with van der Waals surface area (Å²) in [7, 11) is 2.11. The third-order valence-corrected chi connectivity index (χ3v) is 6.47. The van der Waals surface area contributed by atoms with Gasteiger partial charge in [0, 0.05) is 23.9 Å². The van der Waals surface area contributed by atoms with Crippen LogP contribution in [0.4, 0.5) is 14.5 Å². The molecule has 0 N–H and O–H groups in total. The van der Waals surface area contributed by atoms with E-state index in [0.717, 1.165) is 49.3 Å². The fourth-order valence-corrected chi connectivity index (χ4v) is 4.85. The Bertz CT molecular complexity index is 956. The van der Waals surface area contributed by atoms with E-state index in [1.165, 1.54) is 0 Å². The molecule has 3 heterocycles. The smallest absolute Gasteiger partial charge is 0.245 e. The molecule has 2 aromatic rings. The number of nitrogens with zero attached hydrogens (tertiary/aromatic N) is 2. The van der Waals surface area contributed by atoms with E-state index in [9.17, 15) is 13.6 Å². The Morgan fingerprint density at radius 2 is 1.82 bits per heavy atom. The molecule has 1 saturated heterocycles. The highest BCUT2D eigenvalue weighted by Gasteiger charge is 2.57. The predicted octanol–water partition coefficient (Wildman–Crippen LogP) is 3.33. The summed E-state index contributed by atoms with van der Waals surface area (Å²) in [5.74, 6) is -1.34. The number of carbonyl (C=O) groups excluding carboxylic acids is 1. The fourth-order valence-electron chi connectivity index (χ4n) is 4.85. The molecule has 4 nitrogen and oxygen atoms in total. The molecule has 146 valence electrons. The summed E-state index contributed by atoms with van der Waals surface area (Å²) in [6.45, 7) is 2.77. The second-order valence-corrected chi connectivity index (χ2v) is 8.14. The van der Waals surface area contributed by atoms with Gasteiger partial charge in [-0.1, -0.05) is 18.2 Å². The monoisotopic (exact) mass is 384 g/mol. The van der Waals surface area contributed by atoms with Crippen LogP contribution in [0.15, 0.2) is 36.4 Å². The Labute approximate surface area is 162 Å². The van der Waals surface area contributed by atoms with Gasteiger partial charge < -0.3 is 14.5 Å². The maximum absolute atomic E-state index is 14.1. The molecule has 3 aliphatic heterocycles. The van der Waals surface area contributed by atoms with Gasteiger partial charge in [0.05, 0.1) is 0 Å². The van der Waals surface area contributed by atoms with Crippen molar-refractivity contribution in [2.75, 3.05) is 38.2 Å². The van der Waals surface area contributed by atoms with E-state index in [1.807, 2.05) is 29.2 Å². The maximum Gasteiger partial charge on any atom is 0.245 e. The molecule has 28 heavy (non-hydrogen) atoms. The number of ether oxygens (including phenoxy) is 1. The topological polar surface area (TPSA) is 32.8 Å². The molecule has 1 atom stereocenters. The number of rotatable bonds is 2. The van der Waals surface area contributed by atoms with Crippen LogP contribution in [0, 0.1) is 17.6 Å². The van der Waals surface area contributed by atoms with Crippen LogP contribution in [-0.2, 0) is 10.2 Å². The van der Waals surface area contributed by atoms with Gasteiger partial charge in [-0.2, -0.15) is 0 Å². The molecule has 0 radical (unpaired) electrons. The zero-order valence-electron chi connectivity index (χ0n) is 15.8. The molecule has 1 amide bonds. The summed E-state index contributed by atoms with van der Waals surface area (Å²) < 4.78 is 33.5. The SMILES string of the molecule is CN1CCC(CN2C(=O)C3(COc4cc(F)c(F)cc43)c3ccccc32)CC1. The summed E-state index contributed by atoms with van der Waals surface area (Å²) in [4.78, 5) is 17.8. The van der Waals surface area contributed by atoms with Crippen molar-refractivity contribution in [2.45, 2.75) is 18.3 Å². The van der Waals surface area contributed by atoms with Gasteiger partial charge in [0.25, 0.3) is 0 Å². The molecular weight excluding hydrogens is 362 g/mol. The van der Waals surface area contributed by atoms with E-state index in [-0.39, 0.29) is 18.3 Å². The lowest BCUT2D eigenvalue weighted by atomic mass is 9.77. The minimum Gasteiger partial charge on any atom is -0.491 e. The number of fused-ring (bicyclic) bond motifs is 4. The van der Waals surface area contributed by atoms with Gasteiger partial charge >= 0.3 is 0 Å². The second-order valence-electron chi connectivity index (χ2n) is 8.14. The highest BCUT2D eigenvalue weighted by Crippen LogP contribution is 2.52. The largest absolute Gasteiger partial charge is 0.491 e. The van der Waals surface area contributed by atoms with Crippen molar-refractivity contribution in [1.29, 1.82) is 0 Å². The first kappa shape index (κ1) is 17.6. The van der Waals surface area contributed by atoms with Crippen molar-refractivity contribution < 1.29 is 18.3 Å². The molecule has 6 heteroatoms. The van der Waals surface area contributed by atoms with Crippen molar-refractivity contribution in [3.63, 3.8) is 0 Å². The molecule has 2 aromatic carbocycles. The highest BCUT2D eigenvalue weighted by molar-refractivity contribution is 6.11. The molecule has 1 fully saturated rings. The average Bonchev–Trinajstić information content (AvgIpc) is 3.17. The van der Waals surface area contributed by atoms with Crippen LogP contribution >= 0.6 is 0 Å². The molecule has 0 aromatic heterocycles. The van der Waals surface area contributed by atoms with E-state index in [1.54, 1.807) is 0 Å². The third kappa shape index (κ3) is 2.40. The number of piperidine rings is 1. The number of amides is 1. The third-order valence-electron chi connectivity index (χ3n) is 6.47. The first-order chi connectivity index (χ1) is 13.5. The normalized spacial score (nSPS) is 24.5. The highest BCUT2D eigenvalue weighted by atomic mass is 19.2. The molecule has 1 spiro atoms. The van der Waals surface area contributed by atoms with E-state index >= 15 is 0 Å². The molecule has 0 aliphatic carbocycles. The van der Waals surface area contributed by atoms with Crippen molar-refractivity contribution in [3.05, 3.63) is 59.2 Å². The summed E-state index contributed by atoms with van der Waals surface area (Å²) in [6.07, 6.45) is 2.09. The van der Waals surface area contributed by atoms with E-state index < -0.39 is 17.0 Å². The molecule has 5 rings (SSSR count). The number of hydrogen-bond acceptors (Lipinski definition) is 3. The average molecular weight is 384 g/mol. The van der Waals surface area contributed by atoms with Crippen LogP contribution in [0.25, 0.3) is 0 Å². The van der Waals surface area contributed by atoms with Gasteiger partial charge in [-0.15, -0.1) is 0 Å². The molecule has 0 bridgehead atoms. The number of halogens is 2. The van der Waals surface area contributed by atoms with Crippen LogP contribution < -0.4 is 9.64 Å². The van der Waals surface area contributed by atoms with Gasteiger partial charge in [0.1, 0.15) is 17.8 Å². The van der Waals surface area contributed by atoms with Crippen LogP contribution in [0.2, 0.25) is 0 Å². The van der Waals surface area contributed by atoms with Crippen LogP contribution in [0.1, 0.15) is 24.0 Å². The van der Waals surface area contributed by atoms with Gasteiger partial charge in [0.15, 0.2) is 11.6 Å². The lowest BCUT2D eigenvalue weighted by molar-refractivity contribution is -0.122. The molecule has 3 aliphatic rings. The van der Waals surface area contributed by atoms with Gasteiger partial charge in [-0.3, -0.25) is 4.79 Å². The second kappa shape index (κ2) is 6.27. The Kier molecular flexibility index (Phi) is 3.95. The summed E-state index contributed by atoms with van der Waals surface area (Å²) >= 11 is 0. The molecule has 0 saturated carbocycles. The van der Waals surface area contributed by atoms with E-state index in [0.29, 0.717) is 18.0 Å². The van der Waals surface area contributed by atoms with Crippen molar-refractivity contribution in [1.82, 2.24) is 4.90 Å². The Balaban J connectivity index is 1.57. The standard InChI is InChI=1S/C22H22F2N2O2/c1-25-8-6-14(7-9-25)12-26-19-5-3-2-4-15(19)22(21(26)27)13-28-20-11-18(24)17(23)10-16(20)22/h2-5,10-11,14H,6-9,12-13H2,1H3. The van der Waals surface area contributed by atoms with Crippen molar-refractivity contribution in [2.24, 2.45) is 5.92 Å². The van der Waals surface area contributed by atoms with Gasteiger partial charge in [0.2, 0.25) is 5.91 Å². The lowest BCUT2D eigenvalue weighted by Gasteiger charge is -2.32. The van der Waals surface area contributed by atoms with Crippen LogP contribution in [0.3, 0.4) is 0 Å². The first-order valence-corrected chi connectivity index (χ1v) is 9.73. The van der Waals surface area contributed by atoms with Gasteiger partial charge in [-0.05, 0) is 56.6 Å². The Hall–Kier alpha value is -2.47. The van der Waals surface area contributed by atoms with E-state index in [2.05, 4.69) is 11.9 Å². The Morgan fingerprint density at radius 1 is 1.11 bits per heavy atom. The van der Waals surface area contributed by atoms with Crippen molar-refractivity contribution >= 4 is 11.6 Å². The zero-order chi connectivity index (χ0) is 19.5. The first-order valence-electron chi connectivity index (χ1n) is 9.73. The number of benzene rings is 2. The minimum absolute atomic E-state index is 0.0744. The summed E-state index contributed by atoms with van der Waals surface area (Å²) in [5.41, 5.74) is 1.01. The number of anilines is 1. The predicted molar refractivity (Wildman–Crippen MR) is 102 cm³/mol. The van der Waals surface area contributed by atoms with Crippen LogP contribution in [-0.4, -0.2) is 44.1 Å². The van der Waals surface area contributed by atoms with Crippen LogP contribution in [0.5, 0.6) is 5.75 Å². The Morgan fingerprint density at radius 3 is 2.61 bits per heavy atom. The minimum atomic E-state index is -1.09. The number of para-hydroxylation sites is 1. The van der Waals surface area contributed by atoms with Crippen molar-refractivity contribution in [3.8, 4) is 5.75 Å². The number of hydrogen-bond donors (Lipinski definition) is 0.